The molecular weight excluding hydrogens is 276 g/mol. The van der Waals surface area contributed by atoms with Crippen LogP contribution in [0.5, 0.6) is 0 Å². The number of ketones is 1. The van der Waals surface area contributed by atoms with E-state index in [0.29, 0.717) is 10.8 Å². The standard InChI is InChI=1S/C16H11ClOS/c17-16-8-7-15(19-16)14(18)10-11-5-6-12-3-1-2-4-13(12)9-11/h1-9H,10H2. The molecule has 0 spiro atoms. The van der Waals surface area contributed by atoms with E-state index in [1.54, 1.807) is 12.1 Å². The largest absolute Gasteiger partial charge is 0.293 e. The first-order valence-electron chi connectivity index (χ1n) is 5.98. The quantitative estimate of drug-likeness (QED) is 0.621. The van der Waals surface area contributed by atoms with E-state index >= 15 is 0 Å². The molecule has 3 rings (SSSR count). The minimum absolute atomic E-state index is 0.118. The average molecular weight is 287 g/mol. The zero-order valence-electron chi connectivity index (χ0n) is 10.1. The summed E-state index contributed by atoms with van der Waals surface area (Å²) in [6.07, 6.45) is 0.418. The summed E-state index contributed by atoms with van der Waals surface area (Å²) in [4.78, 5) is 12.8. The molecule has 0 radical (unpaired) electrons. The highest BCUT2D eigenvalue weighted by Crippen LogP contribution is 2.23. The van der Waals surface area contributed by atoms with Gasteiger partial charge in [-0.1, -0.05) is 54.1 Å². The van der Waals surface area contributed by atoms with E-state index in [4.69, 9.17) is 11.6 Å². The number of carbonyl (C=O) groups excluding carboxylic acids is 1. The van der Waals surface area contributed by atoms with Crippen molar-refractivity contribution in [3.05, 3.63) is 69.4 Å². The Morgan fingerprint density at radius 3 is 2.53 bits per heavy atom. The Labute approximate surface area is 120 Å². The third kappa shape index (κ3) is 2.70. The fourth-order valence-electron chi connectivity index (χ4n) is 2.09. The summed E-state index contributed by atoms with van der Waals surface area (Å²) in [6, 6.07) is 17.8. The number of halogens is 1. The molecule has 0 aliphatic carbocycles. The molecule has 0 amide bonds. The van der Waals surface area contributed by atoms with Gasteiger partial charge in [0.15, 0.2) is 5.78 Å². The maximum Gasteiger partial charge on any atom is 0.177 e. The average Bonchev–Trinajstić information content (AvgIpc) is 2.85. The van der Waals surface area contributed by atoms with Gasteiger partial charge in [-0.15, -0.1) is 11.3 Å². The first-order valence-corrected chi connectivity index (χ1v) is 7.18. The van der Waals surface area contributed by atoms with Crippen molar-refractivity contribution in [3.8, 4) is 0 Å². The highest BCUT2D eigenvalue weighted by molar-refractivity contribution is 7.18. The van der Waals surface area contributed by atoms with E-state index < -0.39 is 0 Å². The molecule has 3 heteroatoms. The van der Waals surface area contributed by atoms with Gasteiger partial charge in [0.05, 0.1) is 9.21 Å². The van der Waals surface area contributed by atoms with Gasteiger partial charge in [0.2, 0.25) is 0 Å². The molecule has 0 aliphatic rings. The number of carbonyl (C=O) groups is 1. The SMILES string of the molecule is O=C(Cc1ccc2ccccc2c1)c1ccc(Cl)s1. The third-order valence-electron chi connectivity index (χ3n) is 3.03. The molecule has 1 aromatic heterocycles. The van der Waals surface area contributed by atoms with E-state index in [-0.39, 0.29) is 5.78 Å². The van der Waals surface area contributed by atoms with Gasteiger partial charge < -0.3 is 0 Å². The number of hydrogen-bond donors (Lipinski definition) is 0. The minimum atomic E-state index is 0.118. The van der Waals surface area contributed by atoms with Gasteiger partial charge >= 0.3 is 0 Å². The highest BCUT2D eigenvalue weighted by atomic mass is 35.5. The van der Waals surface area contributed by atoms with Crippen molar-refractivity contribution in [2.75, 3.05) is 0 Å². The molecule has 0 unspecified atom stereocenters. The lowest BCUT2D eigenvalue weighted by molar-refractivity contribution is 0.0997. The van der Waals surface area contributed by atoms with Crippen molar-refractivity contribution < 1.29 is 4.79 Å². The van der Waals surface area contributed by atoms with E-state index in [9.17, 15) is 4.79 Å². The van der Waals surface area contributed by atoms with E-state index in [1.807, 2.05) is 18.2 Å². The summed E-state index contributed by atoms with van der Waals surface area (Å²) in [5.74, 6) is 0.118. The molecule has 1 nitrogen and oxygen atoms in total. The Bertz CT molecular complexity index is 745. The van der Waals surface area contributed by atoms with Gasteiger partial charge in [-0.3, -0.25) is 4.79 Å². The Kier molecular flexibility index (Phi) is 3.36. The van der Waals surface area contributed by atoms with Gasteiger partial charge in [-0.2, -0.15) is 0 Å². The molecule has 0 fully saturated rings. The van der Waals surface area contributed by atoms with Gasteiger partial charge in [-0.25, -0.2) is 0 Å². The van der Waals surface area contributed by atoms with Crippen molar-refractivity contribution in [2.24, 2.45) is 0 Å². The van der Waals surface area contributed by atoms with E-state index in [2.05, 4.69) is 24.3 Å². The van der Waals surface area contributed by atoms with Gasteiger partial charge in [0, 0.05) is 6.42 Å². The topological polar surface area (TPSA) is 17.1 Å². The molecule has 94 valence electrons. The summed E-state index contributed by atoms with van der Waals surface area (Å²) in [5.41, 5.74) is 1.04. The van der Waals surface area contributed by atoms with Crippen molar-refractivity contribution in [1.82, 2.24) is 0 Å². The molecule has 0 saturated carbocycles. The summed E-state index contributed by atoms with van der Waals surface area (Å²) >= 11 is 7.19. The van der Waals surface area contributed by atoms with E-state index in [1.165, 1.54) is 16.7 Å². The zero-order chi connectivity index (χ0) is 13.2. The Balaban J connectivity index is 1.87. The number of rotatable bonds is 3. The molecule has 0 saturated heterocycles. The lowest BCUT2D eigenvalue weighted by Crippen LogP contribution is -2.00. The molecule has 3 aromatic rings. The summed E-state index contributed by atoms with van der Waals surface area (Å²) in [5, 5.41) is 2.36. The van der Waals surface area contributed by atoms with Crippen molar-refractivity contribution in [1.29, 1.82) is 0 Å². The lowest BCUT2D eigenvalue weighted by atomic mass is 10.0. The number of thiophene rings is 1. The predicted molar refractivity (Wildman–Crippen MR) is 81.3 cm³/mol. The van der Waals surface area contributed by atoms with Gasteiger partial charge in [0.25, 0.3) is 0 Å². The van der Waals surface area contributed by atoms with Crippen LogP contribution in [0, 0.1) is 0 Å². The van der Waals surface area contributed by atoms with Crippen molar-refractivity contribution in [2.45, 2.75) is 6.42 Å². The number of Topliss-reactive ketones (excluding diaryl/α,β-unsaturated/α-hetero) is 1. The third-order valence-corrected chi connectivity index (χ3v) is 4.30. The van der Waals surface area contributed by atoms with Crippen LogP contribution < -0.4 is 0 Å². The lowest BCUT2D eigenvalue weighted by Gasteiger charge is -2.02. The van der Waals surface area contributed by atoms with Crippen LogP contribution in [0.2, 0.25) is 4.34 Å². The van der Waals surface area contributed by atoms with Crippen LogP contribution >= 0.6 is 22.9 Å². The van der Waals surface area contributed by atoms with Gasteiger partial charge in [0.1, 0.15) is 0 Å². The zero-order valence-corrected chi connectivity index (χ0v) is 11.7. The Morgan fingerprint density at radius 2 is 1.79 bits per heavy atom. The smallest absolute Gasteiger partial charge is 0.177 e. The molecule has 0 bridgehead atoms. The molecule has 0 aliphatic heterocycles. The molecule has 0 atom stereocenters. The summed E-state index contributed by atoms with van der Waals surface area (Å²) in [7, 11) is 0. The van der Waals surface area contributed by atoms with E-state index in [0.717, 1.165) is 15.8 Å². The van der Waals surface area contributed by atoms with Crippen LogP contribution in [-0.2, 0) is 6.42 Å². The highest BCUT2D eigenvalue weighted by Gasteiger charge is 2.10. The minimum Gasteiger partial charge on any atom is -0.293 e. The van der Waals surface area contributed by atoms with Crippen LogP contribution in [-0.4, -0.2) is 5.78 Å². The molecular formula is C16H11ClOS. The monoisotopic (exact) mass is 286 g/mol. The van der Waals surface area contributed by atoms with Crippen molar-refractivity contribution >= 4 is 39.5 Å². The van der Waals surface area contributed by atoms with Crippen LogP contribution in [0.3, 0.4) is 0 Å². The number of benzene rings is 2. The molecule has 19 heavy (non-hydrogen) atoms. The van der Waals surface area contributed by atoms with Gasteiger partial charge in [-0.05, 0) is 28.5 Å². The Morgan fingerprint density at radius 1 is 1.00 bits per heavy atom. The number of hydrogen-bond acceptors (Lipinski definition) is 2. The van der Waals surface area contributed by atoms with Crippen molar-refractivity contribution in [3.63, 3.8) is 0 Å². The second-order valence-electron chi connectivity index (χ2n) is 4.39. The van der Waals surface area contributed by atoms with Crippen LogP contribution in [0.1, 0.15) is 15.2 Å². The summed E-state index contributed by atoms with van der Waals surface area (Å²) < 4.78 is 0.655. The normalized spacial score (nSPS) is 10.8. The molecule has 1 heterocycles. The van der Waals surface area contributed by atoms with Crippen LogP contribution in [0.15, 0.2) is 54.6 Å². The number of fused-ring (bicyclic) bond motifs is 1. The maximum atomic E-state index is 12.1. The van der Waals surface area contributed by atoms with Crippen LogP contribution in [0.4, 0.5) is 0 Å². The fourth-order valence-corrected chi connectivity index (χ4v) is 3.07. The maximum absolute atomic E-state index is 12.1. The Hall–Kier alpha value is -1.64. The second-order valence-corrected chi connectivity index (χ2v) is 6.10. The van der Waals surface area contributed by atoms with Crippen LogP contribution in [0.25, 0.3) is 10.8 Å². The predicted octanol–water partition coefficient (Wildman–Crippen LogP) is 4.98. The molecule has 2 aromatic carbocycles. The second kappa shape index (κ2) is 5.16. The summed E-state index contributed by atoms with van der Waals surface area (Å²) in [6.45, 7) is 0. The molecule has 0 N–H and O–H groups in total. The first-order chi connectivity index (χ1) is 9.22. The first kappa shape index (κ1) is 12.4. The fraction of sp³-hybridized carbons (Fsp3) is 0.0625.